The van der Waals surface area contributed by atoms with Crippen molar-refractivity contribution >= 4 is 95.1 Å². The lowest BCUT2D eigenvalue weighted by Crippen LogP contribution is -2.29. The molecule has 0 aliphatic rings. The zero-order valence-electron chi connectivity index (χ0n) is 25.9. The molecule has 6 N–H and O–H groups in total. The maximum absolute atomic E-state index is 11.4. The van der Waals surface area contributed by atoms with E-state index in [9.17, 15) is 30.3 Å². The fourth-order valence-corrected chi connectivity index (χ4v) is 6.17. The third-order valence-corrected chi connectivity index (χ3v) is 8.50. The number of fused-ring (bicyclic) bond motifs is 6. The standard InChI is InChI=1S/C18H12N2O3.C12H9BO3.C6H5BrN2O2/c19-15-9-4-6-12(17(15)20(21)22)14-8-3-7-13-11-5-1-2-10-16(11)23-18(13)14;14-13(15)10-6-3-5-9-8-4-1-2-7-11(8)16-12(9)10;7-4-2-1-3-5(8)6(4)9(10)11/h1-10H,19H2;1-7,14-15H;1-3H,8H2. The SMILES string of the molecule is Nc1cccc(-c2cccc3c2oc2ccccc23)c1[N+](=O)[O-].Nc1cccc(Br)c1[N+](=O)[O-].OB(O)c1cccc2c1oc1ccccc12. The quantitative estimate of drug-likeness (QED) is 0.0594. The van der Waals surface area contributed by atoms with Gasteiger partial charge < -0.3 is 30.3 Å². The molecule has 0 bridgehead atoms. The van der Waals surface area contributed by atoms with Crippen LogP contribution in [0.5, 0.6) is 0 Å². The minimum Gasteiger partial charge on any atom is -0.456 e. The summed E-state index contributed by atoms with van der Waals surface area (Å²) in [5.41, 5.74) is 15.5. The molecule has 12 nitrogen and oxygen atoms in total. The van der Waals surface area contributed by atoms with Crippen molar-refractivity contribution in [2.45, 2.75) is 0 Å². The highest BCUT2D eigenvalue weighted by Gasteiger charge is 2.22. The molecule has 0 amide bonds. The number of hydrogen-bond acceptors (Lipinski definition) is 10. The van der Waals surface area contributed by atoms with Crippen molar-refractivity contribution in [3.63, 3.8) is 0 Å². The van der Waals surface area contributed by atoms with Gasteiger partial charge in [0, 0.05) is 32.6 Å². The van der Waals surface area contributed by atoms with Gasteiger partial charge in [-0.15, -0.1) is 0 Å². The Morgan fingerprint density at radius 2 is 1.02 bits per heavy atom. The lowest BCUT2D eigenvalue weighted by Gasteiger charge is -2.06. The van der Waals surface area contributed by atoms with Crippen LogP contribution in [0.4, 0.5) is 22.7 Å². The van der Waals surface area contributed by atoms with E-state index in [2.05, 4.69) is 15.9 Å². The van der Waals surface area contributed by atoms with E-state index in [-0.39, 0.29) is 22.7 Å². The highest BCUT2D eigenvalue weighted by molar-refractivity contribution is 9.10. The van der Waals surface area contributed by atoms with E-state index in [0.29, 0.717) is 32.2 Å². The van der Waals surface area contributed by atoms with Gasteiger partial charge in [0.1, 0.15) is 33.7 Å². The average molecular weight is 733 g/mol. The first-order valence-electron chi connectivity index (χ1n) is 14.9. The van der Waals surface area contributed by atoms with Gasteiger partial charge in [0.25, 0.3) is 5.69 Å². The summed E-state index contributed by atoms with van der Waals surface area (Å²) in [6.07, 6.45) is 0. The molecule has 0 spiro atoms. The van der Waals surface area contributed by atoms with E-state index in [0.717, 1.165) is 32.7 Å². The van der Waals surface area contributed by atoms with Crippen molar-refractivity contribution in [3.05, 3.63) is 146 Å². The molecule has 0 aliphatic heterocycles. The molecule has 0 radical (unpaired) electrons. The number of anilines is 2. The molecule has 0 aliphatic carbocycles. The second-order valence-corrected chi connectivity index (χ2v) is 11.8. The van der Waals surface area contributed by atoms with Gasteiger partial charge in [-0.3, -0.25) is 20.2 Å². The Bertz CT molecular complexity index is 2530. The molecule has 50 heavy (non-hydrogen) atoms. The first-order valence-corrected chi connectivity index (χ1v) is 15.7. The van der Waals surface area contributed by atoms with Crippen molar-refractivity contribution in [3.8, 4) is 11.1 Å². The number of nitro groups is 2. The monoisotopic (exact) mass is 732 g/mol. The normalized spacial score (nSPS) is 10.8. The number of nitrogens with two attached hydrogens (primary N) is 2. The predicted octanol–water partition coefficient (Wildman–Crippen LogP) is 7.95. The molecule has 0 unspecified atom stereocenters. The van der Waals surface area contributed by atoms with Crippen molar-refractivity contribution in [1.82, 2.24) is 0 Å². The Balaban J connectivity index is 0.000000139. The van der Waals surface area contributed by atoms with Gasteiger partial charge in [-0.1, -0.05) is 84.9 Å². The summed E-state index contributed by atoms with van der Waals surface area (Å²) in [4.78, 5) is 20.8. The van der Waals surface area contributed by atoms with Gasteiger partial charge in [0.2, 0.25) is 0 Å². The van der Waals surface area contributed by atoms with Gasteiger partial charge in [-0.25, -0.2) is 0 Å². The highest BCUT2D eigenvalue weighted by Crippen LogP contribution is 2.41. The number of benzene rings is 6. The Labute approximate surface area is 291 Å². The fourth-order valence-electron chi connectivity index (χ4n) is 5.64. The first kappa shape index (κ1) is 33.7. The summed E-state index contributed by atoms with van der Waals surface area (Å²) in [6.45, 7) is 0. The van der Waals surface area contributed by atoms with Crippen molar-refractivity contribution in [2.24, 2.45) is 0 Å². The molecule has 248 valence electrons. The molecule has 0 atom stereocenters. The molecule has 2 aromatic heterocycles. The van der Waals surface area contributed by atoms with E-state index in [4.69, 9.17) is 20.3 Å². The first-order chi connectivity index (χ1) is 24.1. The van der Waals surface area contributed by atoms with E-state index < -0.39 is 17.0 Å². The van der Waals surface area contributed by atoms with Gasteiger partial charge in [-0.2, -0.15) is 0 Å². The summed E-state index contributed by atoms with van der Waals surface area (Å²) in [6, 6.07) is 35.9. The number of nitrogen functional groups attached to an aromatic ring is 2. The van der Waals surface area contributed by atoms with Gasteiger partial charge in [0.15, 0.2) is 0 Å². The Hall–Kier alpha value is -6.22. The van der Waals surface area contributed by atoms with Gasteiger partial charge in [0.05, 0.1) is 19.9 Å². The molecular formula is C36H26BBrN4O8. The minimum atomic E-state index is -1.51. The van der Waals surface area contributed by atoms with Crippen LogP contribution in [0, 0.1) is 20.2 Å². The van der Waals surface area contributed by atoms with Gasteiger partial charge >= 0.3 is 12.8 Å². The number of rotatable bonds is 4. The molecule has 2 heterocycles. The van der Waals surface area contributed by atoms with Crippen LogP contribution in [0.3, 0.4) is 0 Å². The zero-order chi connectivity index (χ0) is 35.5. The Kier molecular flexibility index (Phi) is 9.50. The molecule has 8 rings (SSSR count). The van der Waals surface area contributed by atoms with Crippen molar-refractivity contribution < 1.29 is 28.7 Å². The minimum absolute atomic E-state index is 0.0764. The number of furan rings is 2. The number of halogens is 1. The third-order valence-electron chi connectivity index (χ3n) is 7.86. The van der Waals surface area contributed by atoms with Crippen LogP contribution >= 0.6 is 15.9 Å². The molecule has 0 saturated carbocycles. The van der Waals surface area contributed by atoms with Crippen LogP contribution < -0.4 is 16.9 Å². The Morgan fingerprint density at radius 1 is 0.560 bits per heavy atom. The lowest BCUT2D eigenvalue weighted by atomic mass is 9.79. The summed E-state index contributed by atoms with van der Waals surface area (Å²) in [5, 5.41) is 44.0. The second-order valence-electron chi connectivity index (χ2n) is 10.9. The number of hydrogen-bond donors (Lipinski definition) is 4. The van der Waals surface area contributed by atoms with E-state index in [1.165, 1.54) is 12.1 Å². The number of para-hydroxylation sites is 6. The third kappa shape index (κ3) is 6.45. The molecule has 14 heteroatoms. The topological polar surface area (TPSA) is 205 Å². The van der Waals surface area contributed by atoms with Crippen LogP contribution in [0.25, 0.3) is 55.0 Å². The summed E-state index contributed by atoms with van der Waals surface area (Å²) >= 11 is 3.03. The second kappa shape index (κ2) is 14.1. The van der Waals surface area contributed by atoms with E-state index in [1.807, 2.05) is 72.8 Å². The van der Waals surface area contributed by atoms with Crippen molar-refractivity contribution in [2.75, 3.05) is 11.5 Å². The zero-order valence-corrected chi connectivity index (χ0v) is 27.5. The van der Waals surface area contributed by atoms with Crippen LogP contribution in [0.2, 0.25) is 0 Å². The highest BCUT2D eigenvalue weighted by atomic mass is 79.9. The van der Waals surface area contributed by atoms with Crippen LogP contribution in [-0.4, -0.2) is 27.0 Å². The summed E-state index contributed by atoms with van der Waals surface area (Å²) in [5.74, 6) is 0. The number of nitro benzene ring substituents is 2. The maximum atomic E-state index is 11.4. The van der Waals surface area contributed by atoms with E-state index >= 15 is 0 Å². The van der Waals surface area contributed by atoms with Gasteiger partial charge in [-0.05, 0) is 52.3 Å². The maximum Gasteiger partial charge on any atom is 0.492 e. The average Bonchev–Trinajstić information content (AvgIpc) is 3.67. The largest absolute Gasteiger partial charge is 0.492 e. The fraction of sp³-hybridized carbons (Fsp3) is 0. The molecule has 6 aromatic carbocycles. The van der Waals surface area contributed by atoms with Crippen LogP contribution in [0.15, 0.2) is 135 Å². The number of nitrogens with zero attached hydrogens (tertiary/aromatic N) is 2. The van der Waals surface area contributed by atoms with Crippen LogP contribution in [0.1, 0.15) is 0 Å². The summed E-state index contributed by atoms with van der Waals surface area (Å²) in [7, 11) is -1.51. The molecular weight excluding hydrogens is 707 g/mol. The molecule has 8 aromatic rings. The van der Waals surface area contributed by atoms with Crippen molar-refractivity contribution in [1.29, 1.82) is 0 Å². The van der Waals surface area contributed by atoms with E-state index in [1.54, 1.807) is 36.4 Å². The lowest BCUT2D eigenvalue weighted by molar-refractivity contribution is -0.384. The van der Waals surface area contributed by atoms with Crippen LogP contribution in [-0.2, 0) is 0 Å². The Morgan fingerprint density at radius 3 is 1.58 bits per heavy atom. The smallest absolute Gasteiger partial charge is 0.456 e. The molecule has 0 saturated heterocycles. The predicted molar refractivity (Wildman–Crippen MR) is 199 cm³/mol. The molecule has 0 fully saturated rings. The summed E-state index contributed by atoms with van der Waals surface area (Å²) < 4.78 is 12.0.